The van der Waals surface area contributed by atoms with Crippen molar-refractivity contribution in [2.75, 3.05) is 11.9 Å². The topological polar surface area (TPSA) is 45.6 Å². The van der Waals surface area contributed by atoms with E-state index in [1.807, 2.05) is 31.2 Å². The number of thiocarbonyl (C=S) groups is 1. The predicted octanol–water partition coefficient (Wildman–Crippen LogP) is 4.33. The molecule has 0 spiro atoms. The van der Waals surface area contributed by atoms with E-state index in [1.54, 1.807) is 6.21 Å². The van der Waals surface area contributed by atoms with E-state index < -0.39 is 0 Å². The number of nitrogens with zero attached hydrogens (tertiary/aromatic N) is 1. The quantitative estimate of drug-likeness (QED) is 0.483. The lowest BCUT2D eigenvalue weighted by molar-refractivity contribution is 0.340. The first-order valence-corrected chi connectivity index (χ1v) is 8.31. The highest BCUT2D eigenvalue weighted by Gasteiger charge is 2.01. The number of rotatable bonds is 5. The minimum atomic E-state index is 0.442. The summed E-state index contributed by atoms with van der Waals surface area (Å²) in [5.41, 5.74) is 8.49. The van der Waals surface area contributed by atoms with Gasteiger partial charge in [0.15, 0.2) is 5.11 Å². The Morgan fingerprint density at radius 2 is 1.75 bits per heavy atom. The molecule has 0 saturated heterocycles. The fraction of sp³-hybridized carbons (Fsp3) is 0.263. The molecule has 126 valence electrons. The van der Waals surface area contributed by atoms with Gasteiger partial charge in [0, 0.05) is 11.3 Å². The van der Waals surface area contributed by atoms with Crippen LogP contribution < -0.4 is 15.5 Å². The standard InChI is InChI=1S/C19H23N3OS/c1-5-23-17-8-6-16(7-9-17)21-19(24)22-20-12-18-14(3)10-13(2)11-15(18)4/h6-12H,5H2,1-4H3,(H2,21,22,24). The number of hydrogen-bond acceptors (Lipinski definition) is 3. The number of aryl methyl sites for hydroxylation is 3. The van der Waals surface area contributed by atoms with Gasteiger partial charge in [0.2, 0.25) is 0 Å². The highest BCUT2D eigenvalue weighted by molar-refractivity contribution is 7.80. The summed E-state index contributed by atoms with van der Waals surface area (Å²) in [5, 5.41) is 7.76. The number of hydrazone groups is 1. The number of nitrogens with one attached hydrogen (secondary N) is 2. The molecular weight excluding hydrogens is 318 g/mol. The summed E-state index contributed by atoms with van der Waals surface area (Å²) in [6.45, 7) is 8.87. The van der Waals surface area contributed by atoms with Gasteiger partial charge in [-0.15, -0.1) is 0 Å². The molecule has 4 nitrogen and oxygen atoms in total. The minimum Gasteiger partial charge on any atom is -0.494 e. The Morgan fingerprint density at radius 3 is 2.33 bits per heavy atom. The van der Waals surface area contributed by atoms with Gasteiger partial charge in [0.05, 0.1) is 12.8 Å². The summed E-state index contributed by atoms with van der Waals surface area (Å²) >= 11 is 5.25. The van der Waals surface area contributed by atoms with Crippen molar-refractivity contribution < 1.29 is 4.74 Å². The van der Waals surface area contributed by atoms with Gasteiger partial charge in [-0.05, 0) is 75.3 Å². The van der Waals surface area contributed by atoms with E-state index in [2.05, 4.69) is 48.7 Å². The van der Waals surface area contributed by atoms with Crippen molar-refractivity contribution in [3.8, 4) is 5.75 Å². The van der Waals surface area contributed by atoms with E-state index in [1.165, 1.54) is 16.7 Å². The fourth-order valence-corrected chi connectivity index (χ4v) is 2.68. The fourth-order valence-electron chi connectivity index (χ4n) is 2.51. The smallest absolute Gasteiger partial charge is 0.191 e. The average molecular weight is 341 g/mol. The van der Waals surface area contributed by atoms with Crippen LogP contribution in [0.15, 0.2) is 41.5 Å². The van der Waals surface area contributed by atoms with Crippen LogP contribution >= 0.6 is 12.2 Å². The van der Waals surface area contributed by atoms with E-state index in [9.17, 15) is 0 Å². The Labute approximate surface area is 148 Å². The molecule has 0 fully saturated rings. The summed E-state index contributed by atoms with van der Waals surface area (Å²) in [5.74, 6) is 0.838. The predicted molar refractivity (Wildman–Crippen MR) is 105 cm³/mol. The van der Waals surface area contributed by atoms with Crippen molar-refractivity contribution in [2.24, 2.45) is 5.10 Å². The van der Waals surface area contributed by atoms with E-state index in [4.69, 9.17) is 17.0 Å². The van der Waals surface area contributed by atoms with Gasteiger partial charge >= 0.3 is 0 Å². The zero-order chi connectivity index (χ0) is 17.5. The SMILES string of the molecule is CCOc1ccc(NC(=S)NN=Cc2c(C)cc(C)cc2C)cc1. The lowest BCUT2D eigenvalue weighted by atomic mass is 10.0. The molecule has 0 aromatic heterocycles. The third kappa shape index (κ3) is 5.06. The molecule has 0 bridgehead atoms. The number of hydrogen-bond donors (Lipinski definition) is 2. The molecule has 0 atom stereocenters. The van der Waals surface area contributed by atoms with E-state index in [-0.39, 0.29) is 0 Å². The van der Waals surface area contributed by atoms with Crippen molar-refractivity contribution in [1.82, 2.24) is 5.43 Å². The zero-order valence-electron chi connectivity index (χ0n) is 14.5. The Bertz CT molecular complexity index is 716. The highest BCUT2D eigenvalue weighted by Crippen LogP contribution is 2.16. The Balaban J connectivity index is 1.93. The average Bonchev–Trinajstić information content (AvgIpc) is 2.52. The molecule has 0 aliphatic rings. The molecule has 2 N–H and O–H groups in total. The number of ether oxygens (including phenoxy) is 1. The second kappa shape index (κ2) is 8.45. The third-order valence-electron chi connectivity index (χ3n) is 3.52. The van der Waals surface area contributed by atoms with Crippen LogP contribution in [0.2, 0.25) is 0 Å². The van der Waals surface area contributed by atoms with Gasteiger partial charge < -0.3 is 10.1 Å². The van der Waals surface area contributed by atoms with Gasteiger partial charge in [-0.3, -0.25) is 5.43 Å². The lowest BCUT2D eigenvalue weighted by Gasteiger charge is -2.09. The van der Waals surface area contributed by atoms with Crippen molar-refractivity contribution in [3.05, 3.63) is 58.7 Å². The maximum Gasteiger partial charge on any atom is 0.191 e. The first kappa shape index (κ1) is 17.9. The maximum absolute atomic E-state index is 5.41. The second-order valence-electron chi connectivity index (χ2n) is 5.59. The van der Waals surface area contributed by atoms with Crippen molar-refractivity contribution in [2.45, 2.75) is 27.7 Å². The first-order chi connectivity index (χ1) is 11.5. The van der Waals surface area contributed by atoms with Crippen LogP contribution in [0, 0.1) is 20.8 Å². The van der Waals surface area contributed by atoms with Gasteiger partial charge in [0.1, 0.15) is 5.75 Å². The highest BCUT2D eigenvalue weighted by atomic mass is 32.1. The van der Waals surface area contributed by atoms with Crippen LogP contribution in [0.3, 0.4) is 0 Å². The lowest BCUT2D eigenvalue weighted by Crippen LogP contribution is -2.23. The molecule has 24 heavy (non-hydrogen) atoms. The summed E-state index contributed by atoms with van der Waals surface area (Å²) in [4.78, 5) is 0. The zero-order valence-corrected chi connectivity index (χ0v) is 15.3. The van der Waals surface area contributed by atoms with Crippen molar-refractivity contribution in [1.29, 1.82) is 0 Å². The van der Waals surface area contributed by atoms with Gasteiger partial charge in [-0.2, -0.15) is 5.10 Å². The van der Waals surface area contributed by atoms with Crippen LogP contribution in [0.5, 0.6) is 5.75 Å². The van der Waals surface area contributed by atoms with Gasteiger partial charge in [-0.1, -0.05) is 17.7 Å². The Morgan fingerprint density at radius 1 is 1.12 bits per heavy atom. The van der Waals surface area contributed by atoms with Crippen LogP contribution in [-0.4, -0.2) is 17.9 Å². The van der Waals surface area contributed by atoms with Gasteiger partial charge in [-0.25, -0.2) is 0 Å². The molecule has 0 amide bonds. The first-order valence-electron chi connectivity index (χ1n) is 7.90. The molecule has 0 aliphatic carbocycles. The molecule has 2 aromatic carbocycles. The van der Waals surface area contributed by atoms with E-state index >= 15 is 0 Å². The summed E-state index contributed by atoms with van der Waals surface area (Å²) in [6, 6.07) is 11.9. The molecule has 0 aliphatic heterocycles. The van der Waals surface area contributed by atoms with Crippen LogP contribution in [-0.2, 0) is 0 Å². The van der Waals surface area contributed by atoms with Gasteiger partial charge in [0.25, 0.3) is 0 Å². The molecule has 2 aromatic rings. The summed E-state index contributed by atoms with van der Waals surface area (Å²) in [6.07, 6.45) is 1.80. The number of benzene rings is 2. The van der Waals surface area contributed by atoms with Crippen molar-refractivity contribution in [3.63, 3.8) is 0 Å². The van der Waals surface area contributed by atoms with Crippen LogP contribution in [0.25, 0.3) is 0 Å². The van der Waals surface area contributed by atoms with Crippen LogP contribution in [0.1, 0.15) is 29.2 Å². The molecule has 0 heterocycles. The number of anilines is 1. The minimum absolute atomic E-state index is 0.442. The van der Waals surface area contributed by atoms with E-state index in [0.29, 0.717) is 11.7 Å². The monoisotopic (exact) mass is 341 g/mol. The van der Waals surface area contributed by atoms with Crippen molar-refractivity contribution >= 4 is 29.2 Å². The maximum atomic E-state index is 5.41. The normalized spacial score (nSPS) is 10.7. The molecule has 0 saturated carbocycles. The molecule has 0 unspecified atom stereocenters. The summed E-state index contributed by atoms with van der Waals surface area (Å²) < 4.78 is 5.41. The van der Waals surface area contributed by atoms with Crippen LogP contribution in [0.4, 0.5) is 5.69 Å². The molecule has 0 radical (unpaired) electrons. The summed E-state index contributed by atoms with van der Waals surface area (Å²) in [7, 11) is 0. The molecule has 5 heteroatoms. The third-order valence-corrected chi connectivity index (χ3v) is 3.71. The Hall–Kier alpha value is -2.40. The van der Waals surface area contributed by atoms with E-state index in [0.717, 1.165) is 17.0 Å². The Kier molecular flexibility index (Phi) is 6.32. The molecular formula is C19H23N3OS. The largest absolute Gasteiger partial charge is 0.494 e. The second-order valence-corrected chi connectivity index (χ2v) is 6.00. The molecule has 2 rings (SSSR count).